The van der Waals surface area contributed by atoms with Gasteiger partial charge in [0.25, 0.3) is 5.91 Å². The molecule has 1 aliphatic carbocycles. The summed E-state index contributed by atoms with van der Waals surface area (Å²) in [6.07, 6.45) is 4.19. The molecule has 1 aliphatic heterocycles. The second-order valence-corrected chi connectivity index (χ2v) is 10.3. The van der Waals surface area contributed by atoms with E-state index in [-0.39, 0.29) is 60.3 Å². The minimum atomic E-state index is -2.93. The average Bonchev–Trinajstić information content (AvgIpc) is 3.30. The molecule has 2 aromatic rings. The number of hydrogen-bond acceptors (Lipinski definition) is 10. The monoisotopic (exact) mass is 559 g/mol. The first kappa shape index (κ1) is 30.4. The van der Waals surface area contributed by atoms with E-state index in [9.17, 15) is 23.4 Å². The molecule has 16 heteroatoms. The number of halogens is 3. The molecule has 2 aliphatic rings. The van der Waals surface area contributed by atoms with Crippen LogP contribution in [0, 0.1) is 5.92 Å². The number of rotatable bonds is 6. The molecule has 0 radical (unpaired) electrons. The van der Waals surface area contributed by atoms with Gasteiger partial charge >= 0.3 is 0 Å². The van der Waals surface area contributed by atoms with Gasteiger partial charge in [-0.05, 0) is 6.42 Å². The summed E-state index contributed by atoms with van der Waals surface area (Å²) in [5, 5.41) is 31.7. The van der Waals surface area contributed by atoms with Crippen LogP contribution in [0.2, 0.25) is 0 Å². The van der Waals surface area contributed by atoms with Gasteiger partial charge in [0, 0.05) is 50.7 Å². The first-order chi connectivity index (χ1) is 14.8. The third kappa shape index (κ3) is 7.44. The smallest absolute Gasteiger partial charge is 0.271 e. The van der Waals surface area contributed by atoms with Crippen molar-refractivity contribution in [1.29, 1.82) is 0 Å². The van der Waals surface area contributed by atoms with E-state index in [1.807, 2.05) is 4.90 Å². The predicted octanol–water partition coefficient (Wildman–Crippen LogP) is -0.896. The fraction of sp³-hybridized carbons (Fsp3) is 0.611. The molecule has 1 saturated carbocycles. The molecular formula is C18H28Cl3N7O5S. The largest absolute Gasteiger partial charge is 0.390 e. The molecule has 34 heavy (non-hydrogen) atoms. The summed E-state index contributed by atoms with van der Waals surface area (Å²) in [5.41, 5.74) is 0.846. The van der Waals surface area contributed by atoms with Gasteiger partial charge in [0.05, 0.1) is 35.5 Å². The molecule has 2 aromatic heterocycles. The summed E-state index contributed by atoms with van der Waals surface area (Å²) in [4.78, 5) is 22.1. The predicted molar refractivity (Wildman–Crippen MR) is 129 cm³/mol. The summed E-state index contributed by atoms with van der Waals surface area (Å²) < 4.78 is 24.7. The Hall–Kier alpha value is -1.61. The van der Waals surface area contributed by atoms with Crippen LogP contribution in [0.15, 0.2) is 24.8 Å². The number of amides is 1. The van der Waals surface area contributed by atoms with Crippen molar-refractivity contribution in [1.82, 2.24) is 35.2 Å². The average molecular weight is 561 g/mol. The van der Waals surface area contributed by atoms with Crippen LogP contribution in [0.1, 0.15) is 22.6 Å². The number of aliphatic hydroxyl groups is 2. The van der Waals surface area contributed by atoms with Gasteiger partial charge in [0.2, 0.25) is 0 Å². The highest BCUT2D eigenvalue weighted by Gasteiger charge is 2.42. The number of hydrogen-bond donors (Lipinski definition) is 3. The van der Waals surface area contributed by atoms with Gasteiger partial charge in [0.1, 0.15) is 11.8 Å². The molecular weight excluding hydrogens is 533 g/mol. The maximum Gasteiger partial charge on any atom is 0.271 e. The fourth-order valence-corrected chi connectivity index (χ4v) is 5.26. The van der Waals surface area contributed by atoms with Gasteiger partial charge < -0.3 is 15.5 Å². The first-order valence-corrected chi connectivity index (χ1v) is 11.9. The standard InChI is InChI=1S/C18H25N7O5S.3ClH/c26-16-12(7-14(17(16)27)21-18(28)15-8-19-1-2-20-15)9-25-11-13(22-23-25)10-24-3-5-31(29,30)6-4-24;;;/h1-2,8,11-12,14,16-17,26-27H,3-7,9-10H2,(H,21,28);3*1H/t12-,14-,16-,17+;;;/m1.../s1. The topological polar surface area (TPSA) is 163 Å². The Morgan fingerprint density at radius 1 is 1.12 bits per heavy atom. The van der Waals surface area contributed by atoms with Gasteiger partial charge in [-0.25, -0.2) is 13.4 Å². The number of sulfone groups is 1. The van der Waals surface area contributed by atoms with E-state index in [1.165, 1.54) is 18.6 Å². The van der Waals surface area contributed by atoms with Gasteiger partial charge in [-0.3, -0.25) is 19.4 Å². The Kier molecular flexibility index (Phi) is 11.5. The van der Waals surface area contributed by atoms with Crippen molar-refractivity contribution in [2.45, 2.75) is 37.8 Å². The van der Waals surface area contributed by atoms with E-state index in [0.29, 0.717) is 38.3 Å². The molecule has 192 valence electrons. The lowest BCUT2D eigenvalue weighted by molar-refractivity contribution is 0.00759. The van der Waals surface area contributed by atoms with Crippen LogP contribution in [0.4, 0.5) is 0 Å². The fourth-order valence-electron chi connectivity index (χ4n) is 3.99. The zero-order valence-corrected chi connectivity index (χ0v) is 21.3. The van der Waals surface area contributed by atoms with Crippen LogP contribution in [0.3, 0.4) is 0 Å². The zero-order chi connectivity index (χ0) is 22.0. The quantitative estimate of drug-likeness (QED) is 0.403. The van der Waals surface area contributed by atoms with Crippen molar-refractivity contribution >= 4 is 53.0 Å². The Morgan fingerprint density at radius 2 is 1.82 bits per heavy atom. The molecule has 0 spiro atoms. The van der Waals surface area contributed by atoms with Crippen LogP contribution in [0.25, 0.3) is 0 Å². The first-order valence-electron chi connectivity index (χ1n) is 10.1. The lowest BCUT2D eigenvalue weighted by atomic mass is 10.1. The molecule has 0 unspecified atom stereocenters. The third-order valence-electron chi connectivity index (χ3n) is 5.74. The number of aromatic nitrogens is 5. The van der Waals surface area contributed by atoms with Crippen LogP contribution >= 0.6 is 37.2 Å². The van der Waals surface area contributed by atoms with Crippen LogP contribution in [0.5, 0.6) is 0 Å². The number of carbonyl (C=O) groups excluding carboxylic acids is 1. The van der Waals surface area contributed by atoms with E-state index in [2.05, 4.69) is 25.6 Å². The van der Waals surface area contributed by atoms with Gasteiger partial charge in [0.15, 0.2) is 9.84 Å². The Balaban J connectivity index is 0.00000193. The normalized spacial score (nSPS) is 25.9. The summed E-state index contributed by atoms with van der Waals surface area (Å²) in [7, 11) is -2.93. The SMILES string of the molecule is Cl.Cl.Cl.O=C(N[C@@H]1C[C@H](Cn2cc(CN3CCS(=O)(=O)CC3)nn2)[C@@H](O)[C@H]1O)c1cnccn1. The van der Waals surface area contributed by atoms with Crippen molar-refractivity contribution in [2.24, 2.45) is 5.92 Å². The Labute approximate surface area is 215 Å². The molecule has 4 rings (SSSR count). The van der Waals surface area contributed by atoms with Crippen molar-refractivity contribution < 1.29 is 23.4 Å². The van der Waals surface area contributed by atoms with Crippen molar-refractivity contribution in [3.63, 3.8) is 0 Å². The molecule has 2 fully saturated rings. The molecule has 3 heterocycles. The lowest BCUT2D eigenvalue weighted by Crippen LogP contribution is -2.43. The third-order valence-corrected chi connectivity index (χ3v) is 7.35. The maximum atomic E-state index is 12.3. The summed E-state index contributed by atoms with van der Waals surface area (Å²) >= 11 is 0. The highest BCUT2D eigenvalue weighted by molar-refractivity contribution is 7.91. The lowest BCUT2D eigenvalue weighted by Gasteiger charge is -2.25. The second kappa shape index (κ2) is 12.9. The van der Waals surface area contributed by atoms with E-state index in [1.54, 1.807) is 10.9 Å². The van der Waals surface area contributed by atoms with Gasteiger partial charge in [-0.2, -0.15) is 0 Å². The highest BCUT2D eigenvalue weighted by Crippen LogP contribution is 2.28. The van der Waals surface area contributed by atoms with E-state index in [4.69, 9.17) is 0 Å². The Morgan fingerprint density at radius 3 is 2.47 bits per heavy atom. The number of carbonyl (C=O) groups is 1. The molecule has 0 aromatic carbocycles. The van der Waals surface area contributed by atoms with E-state index >= 15 is 0 Å². The second-order valence-electron chi connectivity index (χ2n) is 8.01. The highest BCUT2D eigenvalue weighted by atomic mass is 35.5. The van der Waals surface area contributed by atoms with Crippen molar-refractivity contribution in [2.75, 3.05) is 24.6 Å². The molecule has 3 N–H and O–H groups in total. The molecule has 1 amide bonds. The number of aliphatic hydroxyl groups excluding tert-OH is 2. The minimum Gasteiger partial charge on any atom is -0.390 e. The maximum absolute atomic E-state index is 12.3. The van der Waals surface area contributed by atoms with Gasteiger partial charge in [-0.15, -0.1) is 42.3 Å². The van der Waals surface area contributed by atoms with Crippen molar-refractivity contribution in [3.8, 4) is 0 Å². The van der Waals surface area contributed by atoms with Crippen LogP contribution in [-0.2, 0) is 22.9 Å². The van der Waals surface area contributed by atoms with E-state index in [0.717, 1.165) is 0 Å². The summed E-state index contributed by atoms with van der Waals surface area (Å²) in [6.45, 7) is 1.77. The summed E-state index contributed by atoms with van der Waals surface area (Å²) in [6, 6.07) is -0.618. The van der Waals surface area contributed by atoms with Crippen molar-refractivity contribution in [3.05, 3.63) is 36.2 Å². The van der Waals surface area contributed by atoms with Crippen LogP contribution in [-0.4, -0.2) is 97.2 Å². The van der Waals surface area contributed by atoms with E-state index < -0.39 is 34.0 Å². The van der Waals surface area contributed by atoms with Crippen LogP contribution < -0.4 is 5.32 Å². The Bertz CT molecular complexity index is 1020. The zero-order valence-electron chi connectivity index (χ0n) is 18.0. The van der Waals surface area contributed by atoms with Gasteiger partial charge in [-0.1, -0.05) is 5.21 Å². The number of nitrogens with one attached hydrogen (secondary N) is 1. The minimum absolute atomic E-state index is 0. The molecule has 4 atom stereocenters. The molecule has 0 bridgehead atoms. The number of nitrogens with zero attached hydrogens (tertiary/aromatic N) is 6. The molecule has 12 nitrogen and oxygen atoms in total. The molecule has 1 saturated heterocycles. The summed E-state index contributed by atoms with van der Waals surface area (Å²) in [5.74, 6) is -0.488.